The van der Waals surface area contributed by atoms with E-state index in [2.05, 4.69) is 36.2 Å². The molecule has 2 amide bonds. The molecule has 2 heterocycles. The number of rotatable bonds is 5. The maximum Gasteiger partial charge on any atom is 0.255 e. The van der Waals surface area contributed by atoms with Crippen molar-refractivity contribution in [1.82, 2.24) is 25.6 Å². The summed E-state index contributed by atoms with van der Waals surface area (Å²) in [6, 6.07) is 10.2. The Kier molecular flexibility index (Phi) is 4.10. The van der Waals surface area contributed by atoms with Crippen LogP contribution in [0.1, 0.15) is 23.2 Å². The Bertz CT molecular complexity index is 917. The molecule has 0 atom stereocenters. The van der Waals surface area contributed by atoms with Gasteiger partial charge in [-0.3, -0.25) is 9.59 Å². The summed E-state index contributed by atoms with van der Waals surface area (Å²) in [6.07, 6.45) is 3.38. The van der Waals surface area contributed by atoms with Crippen molar-refractivity contribution < 1.29 is 9.59 Å². The van der Waals surface area contributed by atoms with E-state index in [-0.39, 0.29) is 17.7 Å². The summed E-state index contributed by atoms with van der Waals surface area (Å²) in [4.78, 5) is 28.2. The predicted octanol–water partition coefficient (Wildman–Crippen LogP) is 1.86. The molecule has 3 aromatic rings. The Labute approximate surface area is 148 Å². The lowest BCUT2D eigenvalue weighted by Crippen LogP contribution is -2.15. The van der Waals surface area contributed by atoms with Crippen molar-refractivity contribution in [1.29, 1.82) is 0 Å². The number of aromatic amines is 1. The molecule has 0 unspecified atom stereocenters. The van der Waals surface area contributed by atoms with Gasteiger partial charge in [0.25, 0.3) is 5.91 Å². The quantitative estimate of drug-likeness (QED) is 0.645. The average molecular weight is 349 g/mol. The topological polar surface area (TPSA) is 126 Å². The first kappa shape index (κ1) is 15.9. The second-order valence-corrected chi connectivity index (χ2v) is 5.96. The molecule has 0 saturated heterocycles. The lowest BCUT2D eigenvalue weighted by atomic mass is 10.1. The van der Waals surface area contributed by atoms with Crippen LogP contribution in [-0.2, 0) is 4.79 Å². The van der Waals surface area contributed by atoms with Crippen molar-refractivity contribution in [3.63, 3.8) is 0 Å². The minimum absolute atomic E-state index is 0.00372. The van der Waals surface area contributed by atoms with E-state index in [0.717, 1.165) is 18.4 Å². The maximum atomic E-state index is 12.3. The second-order valence-electron chi connectivity index (χ2n) is 5.96. The molecule has 0 spiro atoms. The number of anilines is 2. The summed E-state index contributed by atoms with van der Waals surface area (Å²) >= 11 is 0. The Balaban J connectivity index is 1.38. The number of pyridine rings is 1. The largest absolute Gasteiger partial charge is 0.321 e. The zero-order valence-electron chi connectivity index (χ0n) is 13.6. The van der Waals surface area contributed by atoms with E-state index >= 15 is 0 Å². The number of H-pyrrole nitrogens is 1. The molecule has 4 rings (SSSR count). The highest BCUT2D eigenvalue weighted by molar-refractivity contribution is 6.04. The van der Waals surface area contributed by atoms with Gasteiger partial charge in [0.15, 0.2) is 0 Å². The zero-order valence-corrected chi connectivity index (χ0v) is 13.6. The highest BCUT2D eigenvalue weighted by Crippen LogP contribution is 2.30. The third-order valence-electron chi connectivity index (χ3n) is 3.97. The van der Waals surface area contributed by atoms with Crippen LogP contribution < -0.4 is 10.6 Å². The van der Waals surface area contributed by atoms with E-state index in [9.17, 15) is 9.59 Å². The van der Waals surface area contributed by atoms with Crippen LogP contribution in [0.2, 0.25) is 0 Å². The van der Waals surface area contributed by atoms with E-state index in [1.807, 2.05) is 0 Å². The van der Waals surface area contributed by atoms with E-state index < -0.39 is 0 Å². The third kappa shape index (κ3) is 3.56. The number of nitrogens with one attached hydrogen (secondary N) is 3. The predicted molar refractivity (Wildman–Crippen MR) is 93.2 cm³/mol. The van der Waals surface area contributed by atoms with Gasteiger partial charge in [-0.1, -0.05) is 12.1 Å². The lowest BCUT2D eigenvalue weighted by Gasteiger charge is -2.07. The average Bonchev–Trinajstić information content (AvgIpc) is 3.38. The Hall–Kier alpha value is -3.62. The van der Waals surface area contributed by atoms with Crippen LogP contribution in [0.4, 0.5) is 11.5 Å². The normalized spacial score (nSPS) is 13.2. The third-order valence-corrected chi connectivity index (χ3v) is 3.97. The minimum Gasteiger partial charge on any atom is -0.321 e. The molecule has 0 bridgehead atoms. The molecular weight excluding hydrogens is 334 g/mol. The summed E-state index contributed by atoms with van der Waals surface area (Å²) in [7, 11) is 0. The molecule has 0 radical (unpaired) electrons. The molecule has 26 heavy (non-hydrogen) atoms. The number of carbonyl (C=O) groups excluding carboxylic acids is 2. The van der Waals surface area contributed by atoms with Crippen molar-refractivity contribution in [2.75, 3.05) is 10.6 Å². The number of amides is 2. The van der Waals surface area contributed by atoms with E-state index in [1.54, 1.807) is 36.4 Å². The Morgan fingerprint density at radius 1 is 1.04 bits per heavy atom. The molecular formula is C17H15N7O2. The number of benzene rings is 1. The molecule has 1 aromatic carbocycles. The number of hydrogen-bond acceptors (Lipinski definition) is 6. The van der Waals surface area contributed by atoms with Crippen LogP contribution in [0, 0.1) is 5.92 Å². The van der Waals surface area contributed by atoms with Gasteiger partial charge in [-0.05, 0) is 42.3 Å². The first-order valence-electron chi connectivity index (χ1n) is 8.11. The van der Waals surface area contributed by atoms with Crippen molar-refractivity contribution in [2.45, 2.75) is 12.8 Å². The molecule has 1 fully saturated rings. The van der Waals surface area contributed by atoms with Crippen molar-refractivity contribution in [3.05, 3.63) is 48.2 Å². The fraction of sp³-hybridized carbons (Fsp3) is 0.176. The van der Waals surface area contributed by atoms with Gasteiger partial charge >= 0.3 is 0 Å². The van der Waals surface area contributed by atoms with Crippen LogP contribution in [0.25, 0.3) is 11.4 Å². The zero-order chi connectivity index (χ0) is 17.9. The van der Waals surface area contributed by atoms with Crippen LogP contribution in [0.3, 0.4) is 0 Å². The lowest BCUT2D eigenvalue weighted by molar-refractivity contribution is -0.117. The van der Waals surface area contributed by atoms with E-state index in [4.69, 9.17) is 0 Å². The molecule has 9 heteroatoms. The summed E-state index contributed by atoms with van der Waals surface area (Å²) in [6.45, 7) is 0. The van der Waals surface area contributed by atoms with Crippen LogP contribution in [0.15, 0.2) is 42.6 Å². The highest BCUT2D eigenvalue weighted by atomic mass is 16.2. The smallest absolute Gasteiger partial charge is 0.255 e. The maximum absolute atomic E-state index is 12.3. The number of nitrogens with zero attached hydrogens (tertiary/aromatic N) is 4. The molecule has 130 valence electrons. The number of hydrogen-bond donors (Lipinski definition) is 3. The molecule has 1 aliphatic carbocycles. The van der Waals surface area contributed by atoms with Gasteiger partial charge in [-0.2, -0.15) is 5.21 Å². The molecule has 9 nitrogen and oxygen atoms in total. The number of carbonyl (C=O) groups is 2. The minimum atomic E-state index is -0.263. The summed E-state index contributed by atoms with van der Waals surface area (Å²) in [5.41, 5.74) is 1.79. The Morgan fingerprint density at radius 3 is 2.46 bits per heavy atom. The molecule has 1 aliphatic rings. The van der Waals surface area contributed by atoms with Gasteiger partial charge in [0.05, 0.1) is 11.9 Å². The van der Waals surface area contributed by atoms with Crippen LogP contribution >= 0.6 is 0 Å². The van der Waals surface area contributed by atoms with E-state index in [0.29, 0.717) is 22.9 Å². The molecule has 0 aliphatic heterocycles. The highest BCUT2D eigenvalue weighted by Gasteiger charge is 2.29. The molecule has 2 aromatic heterocycles. The summed E-state index contributed by atoms with van der Waals surface area (Å²) in [5.74, 6) is 0.790. The van der Waals surface area contributed by atoms with Crippen LogP contribution in [-0.4, -0.2) is 37.4 Å². The first-order valence-corrected chi connectivity index (χ1v) is 8.11. The molecule has 3 N–H and O–H groups in total. The summed E-state index contributed by atoms with van der Waals surface area (Å²) in [5, 5.41) is 19.2. The van der Waals surface area contributed by atoms with Gasteiger partial charge < -0.3 is 10.6 Å². The van der Waals surface area contributed by atoms with E-state index in [1.165, 1.54) is 6.20 Å². The van der Waals surface area contributed by atoms with Crippen LogP contribution in [0.5, 0.6) is 0 Å². The van der Waals surface area contributed by atoms with Crippen molar-refractivity contribution >= 4 is 23.3 Å². The van der Waals surface area contributed by atoms with Gasteiger partial charge in [0, 0.05) is 17.0 Å². The monoisotopic (exact) mass is 349 g/mol. The fourth-order valence-electron chi connectivity index (χ4n) is 2.37. The van der Waals surface area contributed by atoms with Gasteiger partial charge in [-0.25, -0.2) is 4.98 Å². The standard InChI is InChI=1S/C17H15N7O2/c25-16(11-3-1-10(2-4-11)15-21-23-24-22-15)19-13-7-8-14(18-9-13)20-17(26)12-5-6-12/h1-4,7-9,12H,5-6H2,(H,19,25)(H,18,20,26)(H,21,22,23,24). The van der Waals surface area contributed by atoms with Crippen molar-refractivity contribution in [3.8, 4) is 11.4 Å². The summed E-state index contributed by atoms with van der Waals surface area (Å²) < 4.78 is 0. The number of tetrazole rings is 1. The number of aromatic nitrogens is 5. The second kappa shape index (κ2) is 6.71. The fourth-order valence-corrected chi connectivity index (χ4v) is 2.37. The Morgan fingerprint density at radius 2 is 1.85 bits per heavy atom. The first-order chi connectivity index (χ1) is 12.7. The SMILES string of the molecule is O=C(Nc1ccc(NC(=O)C2CC2)nc1)c1ccc(-c2nn[nH]n2)cc1. The van der Waals surface area contributed by atoms with Gasteiger partial charge in [-0.15, -0.1) is 10.2 Å². The molecule has 1 saturated carbocycles. The van der Waals surface area contributed by atoms with Crippen molar-refractivity contribution in [2.24, 2.45) is 5.92 Å². The van der Waals surface area contributed by atoms with Gasteiger partial charge in [0.2, 0.25) is 11.7 Å². The van der Waals surface area contributed by atoms with Gasteiger partial charge in [0.1, 0.15) is 5.82 Å².